The first-order valence-corrected chi connectivity index (χ1v) is 5.39. The number of hydrogen-bond acceptors (Lipinski definition) is 2. The Bertz CT molecular complexity index is 408. The Balaban J connectivity index is 2.90. The first-order chi connectivity index (χ1) is 7.54. The zero-order valence-corrected chi connectivity index (χ0v) is 9.62. The lowest BCUT2D eigenvalue weighted by atomic mass is 9.99. The maximum Gasteiger partial charge on any atom is 0.335 e. The second kappa shape index (κ2) is 5.45. The zero-order valence-electron chi connectivity index (χ0n) is 9.62. The smallest absolute Gasteiger partial charge is 0.335 e. The standard InChI is InChI=1S/C13H16O3/c1-3-4-12(14)8-11-7-10(13(15)16)6-5-9(11)2/h5-7H,3-4,8H2,1-2H3,(H,15,16). The van der Waals surface area contributed by atoms with Gasteiger partial charge in [-0.15, -0.1) is 0 Å². The number of Topliss-reactive ketones (excluding diaryl/α,β-unsaturated/α-hetero) is 1. The second-order valence-corrected chi connectivity index (χ2v) is 3.91. The fourth-order valence-corrected chi connectivity index (χ4v) is 1.57. The Kier molecular flexibility index (Phi) is 4.23. The van der Waals surface area contributed by atoms with Crippen LogP contribution in [0.5, 0.6) is 0 Å². The molecule has 0 saturated carbocycles. The van der Waals surface area contributed by atoms with Gasteiger partial charge in [0.1, 0.15) is 5.78 Å². The van der Waals surface area contributed by atoms with Gasteiger partial charge in [-0.25, -0.2) is 4.79 Å². The maximum absolute atomic E-state index is 11.5. The zero-order chi connectivity index (χ0) is 12.1. The molecule has 3 nitrogen and oxygen atoms in total. The van der Waals surface area contributed by atoms with Crippen molar-refractivity contribution < 1.29 is 14.7 Å². The SMILES string of the molecule is CCCC(=O)Cc1cc(C(=O)O)ccc1C. The molecule has 1 rings (SSSR count). The summed E-state index contributed by atoms with van der Waals surface area (Å²) in [6.45, 7) is 3.85. The summed E-state index contributed by atoms with van der Waals surface area (Å²) in [5, 5.41) is 8.85. The number of carbonyl (C=O) groups is 2. The average molecular weight is 220 g/mol. The number of hydrogen-bond donors (Lipinski definition) is 1. The lowest BCUT2D eigenvalue weighted by molar-refractivity contribution is -0.118. The molecule has 0 aliphatic carbocycles. The summed E-state index contributed by atoms with van der Waals surface area (Å²) in [5.41, 5.74) is 2.03. The predicted molar refractivity (Wildman–Crippen MR) is 61.8 cm³/mol. The van der Waals surface area contributed by atoms with Gasteiger partial charge in [-0.3, -0.25) is 4.79 Å². The average Bonchev–Trinajstić information content (AvgIpc) is 2.21. The highest BCUT2D eigenvalue weighted by atomic mass is 16.4. The largest absolute Gasteiger partial charge is 0.478 e. The van der Waals surface area contributed by atoms with Gasteiger partial charge in [0.05, 0.1) is 5.56 Å². The lowest BCUT2D eigenvalue weighted by Gasteiger charge is -2.06. The van der Waals surface area contributed by atoms with Gasteiger partial charge in [0.15, 0.2) is 0 Å². The molecule has 0 unspecified atom stereocenters. The second-order valence-electron chi connectivity index (χ2n) is 3.91. The molecule has 1 aromatic rings. The molecule has 3 heteroatoms. The molecule has 0 bridgehead atoms. The van der Waals surface area contributed by atoms with Crippen LogP contribution in [0.3, 0.4) is 0 Å². The summed E-state index contributed by atoms with van der Waals surface area (Å²) in [6.07, 6.45) is 1.72. The van der Waals surface area contributed by atoms with Crippen LogP contribution in [0.4, 0.5) is 0 Å². The van der Waals surface area contributed by atoms with Crippen LogP contribution < -0.4 is 0 Å². The third-order valence-corrected chi connectivity index (χ3v) is 2.51. The Morgan fingerprint density at radius 1 is 1.31 bits per heavy atom. The van der Waals surface area contributed by atoms with E-state index >= 15 is 0 Å². The third kappa shape index (κ3) is 3.19. The summed E-state index contributed by atoms with van der Waals surface area (Å²) >= 11 is 0. The van der Waals surface area contributed by atoms with E-state index in [1.54, 1.807) is 18.2 Å². The number of carboxylic acids is 1. The molecular formula is C13H16O3. The number of ketones is 1. The number of aryl methyl sites for hydroxylation is 1. The topological polar surface area (TPSA) is 54.4 Å². The predicted octanol–water partition coefficient (Wildman–Crippen LogP) is 2.60. The van der Waals surface area contributed by atoms with E-state index in [0.717, 1.165) is 17.5 Å². The van der Waals surface area contributed by atoms with Crippen LogP contribution in [0.15, 0.2) is 18.2 Å². The molecule has 1 aromatic carbocycles. The highest BCUT2D eigenvalue weighted by Crippen LogP contribution is 2.13. The highest BCUT2D eigenvalue weighted by Gasteiger charge is 2.09. The van der Waals surface area contributed by atoms with Crippen molar-refractivity contribution in [3.63, 3.8) is 0 Å². The van der Waals surface area contributed by atoms with E-state index in [1.165, 1.54) is 0 Å². The van der Waals surface area contributed by atoms with E-state index < -0.39 is 5.97 Å². The Labute approximate surface area is 95.1 Å². The molecule has 0 aliphatic heterocycles. The molecule has 0 amide bonds. The van der Waals surface area contributed by atoms with Crippen LogP contribution in [-0.2, 0) is 11.2 Å². The Morgan fingerprint density at radius 2 is 2.00 bits per heavy atom. The number of aromatic carboxylic acids is 1. The molecular weight excluding hydrogens is 204 g/mol. The highest BCUT2D eigenvalue weighted by molar-refractivity contribution is 5.88. The number of rotatable bonds is 5. The van der Waals surface area contributed by atoms with E-state index in [9.17, 15) is 9.59 Å². The summed E-state index contributed by atoms with van der Waals surface area (Å²) in [7, 11) is 0. The van der Waals surface area contributed by atoms with Gasteiger partial charge >= 0.3 is 5.97 Å². The van der Waals surface area contributed by atoms with Crippen molar-refractivity contribution in [3.8, 4) is 0 Å². The number of benzene rings is 1. The molecule has 1 N–H and O–H groups in total. The molecule has 0 atom stereocenters. The Morgan fingerprint density at radius 3 is 2.56 bits per heavy atom. The van der Waals surface area contributed by atoms with Gasteiger partial charge in [-0.2, -0.15) is 0 Å². The van der Waals surface area contributed by atoms with E-state index in [-0.39, 0.29) is 11.3 Å². The summed E-state index contributed by atoms with van der Waals surface area (Å²) in [6, 6.07) is 4.90. The van der Waals surface area contributed by atoms with Gasteiger partial charge in [0, 0.05) is 12.8 Å². The van der Waals surface area contributed by atoms with Crippen LogP contribution in [0, 0.1) is 6.92 Å². The summed E-state index contributed by atoms with van der Waals surface area (Å²) in [4.78, 5) is 22.3. The minimum Gasteiger partial charge on any atom is -0.478 e. The molecule has 86 valence electrons. The van der Waals surface area contributed by atoms with E-state index in [1.807, 2.05) is 13.8 Å². The van der Waals surface area contributed by atoms with Crippen LogP contribution in [0.25, 0.3) is 0 Å². The molecule has 16 heavy (non-hydrogen) atoms. The van der Waals surface area contributed by atoms with Crippen molar-refractivity contribution in [2.24, 2.45) is 0 Å². The van der Waals surface area contributed by atoms with Gasteiger partial charge in [-0.05, 0) is 36.6 Å². The van der Waals surface area contributed by atoms with E-state index in [2.05, 4.69) is 0 Å². The first kappa shape index (κ1) is 12.4. The minimum atomic E-state index is -0.954. The fourth-order valence-electron chi connectivity index (χ4n) is 1.57. The minimum absolute atomic E-state index is 0.160. The normalized spacial score (nSPS) is 10.1. The van der Waals surface area contributed by atoms with Crippen molar-refractivity contribution in [2.45, 2.75) is 33.1 Å². The molecule has 0 spiro atoms. The van der Waals surface area contributed by atoms with Crippen LogP contribution in [0.2, 0.25) is 0 Å². The van der Waals surface area contributed by atoms with Crippen molar-refractivity contribution in [3.05, 3.63) is 34.9 Å². The van der Waals surface area contributed by atoms with Crippen LogP contribution in [0.1, 0.15) is 41.3 Å². The Hall–Kier alpha value is -1.64. The molecule has 0 fully saturated rings. The quantitative estimate of drug-likeness (QED) is 0.829. The molecule has 0 aromatic heterocycles. The van der Waals surface area contributed by atoms with Crippen molar-refractivity contribution >= 4 is 11.8 Å². The summed E-state index contributed by atoms with van der Waals surface area (Å²) < 4.78 is 0. The monoisotopic (exact) mass is 220 g/mol. The van der Waals surface area contributed by atoms with Crippen molar-refractivity contribution in [1.29, 1.82) is 0 Å². The van der Waals surface area contributed by atoms with Crippen molar-refractivity contribution in [2.75, 3.05) is 0 Å². The maximum atomic E-state index is 11.5. The summed E-state index contributed by atoms with van der Waals surface area (Å²) in [5.74, 6) is -0.794. The van der Waals surface area contributed by atoms with Gasteiger partial charge in [-0.1, -0.05) is 13.0 Å². The third-order valence-electron chi connectivity index (χ3n) is 2.51. The van der Waals surface area contributed by atoms with E-state index in [4.69, 9.17) is 5.11 Å². The van der Waals surface area contributed by atoms with Gasteiger partial charge in [0.2, 0.25) is 0 Å². The molecule has 0 saturated heterocycles. The molecule has 0 aliphatic rings. The van der Waals surface area contributed by atoms with Gasteiger partial charge in [0.25, 0.3) is 0 Å². The fraction of sp³-hybridized carbons (Fsp3) is 0.385. The van der Waals surface area contributed by atoms with Crippen LogP contribution >= 0.6 is 0 Å². The van der Waals surface area contributed by atoms with Crippen LogP contribution in [-0.4, -0.2) is 16.9 Å². The number of carboxylic acid groups (broad SMARTS) is 1. The van der Waals surface area contributed by atoms with Crippen molar-refractivity contribution in [1.82, 2.24) is 0 Å². The first-order valence-electron chi connectivity index (χ1n) is 5.39. The van der Waals surface area contributed by atoms with Gasteiger partial charge < -0.3 is 5.11 Å². The molecule has 0 heterocycles. The van der Waals surface area contributed by atoms with E-state index in [0.29, 0.717) is 12.8 Å². The number of carbonyl (C=O) groups excluding carboxylic acids is 1. The lowest BCUT2D eigenvalue weighted by Crippen LogP contribution is -2.05. The molecule has 0 radical (unpaired) electrons.